The largest absolute Gasteiger partial charge is 0.381 e. The third kappa shape index (κ3) is 2.68. The van der Waals surface area contributed by atoms with Crippen molar-refractivity contribution in [1.82, 2.24) is 5.32 Å². The van der Waals surface area contributed by atoms with Crippen LogP contribution in [0.15, 0.2) is 0 Å². The van der Waals surface area contributed by atoms with E-state index in [2.05, 4.69) is 12.2 Å². The summed E-state index contributed by atoms with van der Waals surface area (Å²) in [5, 5.41) is 3.77. The summed E-state index contributed by atoms with van der Waals surface area (Å²) in [5.41, 5.74) is 0. The van der Waals surface area contributed by atoms with Gasteiger partial charge >= 0.3 is 0 Å². The van der Waals surface area contributed by atoms with Crippen molar-refractivity contribution in [2.45, 2.75) is 51.1 Å². The Morgan fingerprint density at radius 3 is 2.38 bits per heavy atom. The average molecular weight is 183 g/mol. The second-order valence-corrected chi connectivity index (χ2v) is 4.67. The monoisotopic (exact) mass is 183 g/mol. The van der Waals surface area contributed by atoms with E-state index in [9.17, 15) is 0 Å². The van der Waals surface area contributed by atoms with Crippen LogP contribution in [0, 0.1) is 5.92 Å². The summed E-state index contributed by atoms with van der Waals surface area (Å²) in [6.07, 6.45) is 6.62. The first-order valence-corrected chi connectivity index (χ1v) is 5.68. The lowest BCUT2D eigenvalue weighted by Crippen LogP contribution is -2.40. The zero-order valence-corrected chi connectivity index (χ0v) is 8.59. The fourth-order valence-corrected chi connectivity index (χ4v) is 2.56. The molecule has 1 heterocycles. The molecule has 2 heteroatoms. The first-order chi connectivity index (χ1) is 6.34. The topological polar surface area (TPSA) is 21.3 Å². The van der Waals surface area contributed by atoms with Gasteiger partial charge in [-0.3, -0.25) is 0 Å². The highest BCUT2D eigenvalue weighted by Gasteiger charge is 2.24. The lowest BCUT2D eigenvalue weighted by atomic mass is 10.1. The van der Waals surface area contributed by atoms with Gasteiger partial charge in [0.05, 0.1) is 0 Å². The van der Waals surface area contributed by atoms with E-state index in [1.54, 1.807) is 0 Å². The standard InChI is InChI=1S/C11H21NO/c1-9-2-3-11(8-9)12-10-4-6-13-7-5-10/h9-12H,2-8H2,1H3. The van der Waals surface area contributed by atoms with Gasteiger partial charge in [-0.1, -0.05) is 6.92 Å². The number of rotatable bonds is 2. The van der Waals surface area contributed by atoms with Gasteiger partial charge in [0.25, 0.3) is 0 Å². The van der Waals surface area contributed by atoms with Gasteiger partial charge in [0.15, 0.2) is 0 Å². The van der Waals surface area contributed by atoms with Gasteiger partial charge in [-0.15, -0.1) is 0 Å². The first kappa shape index (κ1) is 9.47. The van der Waals surface area contributed by atoms with Crippen LogP contribution in [-0.4, -0.2) is 25.3 Å². The van der Waals surface area contributed by atoms with Gasteiger partial charge in [0.1, 0.15) is 0 Å². The van der Waals surface area contributed by atoms with E-state index in [-0.39, 0.29) is 0 Å². The molecule has 0 amide bonds. The normalized spacial score (nSPS) is 36.7. The highest BCUT2D eigenvalue weighted by molar-refractivity contribution is 4.82. The smallest absolute Gasteiger partial charge is 0.0480 e. The molecule has 1 aliphatic heterocycles. The Morgan fingerprint density at radius 1 is 1.00 bits per heavy atom. The molecule has 2 nitrogen and oxygen atoms in total. The second-order valence-electron chi connectivity index (χ2n) is 4.67. The quantitative estimate of drug-likeness (QED) is 0.706. The maximum atomic E-state index is 5.35. The Bertz CT molecular complexity index is 151. The molecular weight excluding hydrogens is 162 g/mol. The Hall–Kier alpha value is -0.0800. The van der Waals surface area contributed by atoms with Gasteiger partial charge in [0.2, 0.25) is 0 Å². The van der Waals surface area contributed by atoms with Gasteiger partial charge in [-0.25, -0.2) is 0 Å². The van der Waals surface area contributed by atoms with Crippen molar-refractivity contribution >= 4 is 0 Å². The van der Waals surface area contributed by atoms with Crippen LogP contribution in [0.5, 0.6) is 0 Å². The molecule has 1 saturated heterocycles. The Balaban J connectivity index is 1.71. The van der Waals surface area contributed by atoms with Crippen molar-refractivity contribution in [1.29, 1.82) is 0 Å². The van der Waals surface area contributed by atoms with Crippen LogP contribution in [0.4, 0.5) is 0 Å². The minimum Gasteiger partial charge on any atom is -0.381 e. The molecule has 0 bridgehead atoms. The van der Waals surface area contributed by atoms with E-state index in [4.69, 9.17) is 4.74 Å². The number of hydrogen-bond acceptors (Lipinski definition) is 2. The summed E-state index contributed by atoms with van der Waals surface area (Å²) >= 11 is 0. The Kier molecular flexibility index (Phi) is 3.23. The first-order valence-electron chi connectivity index (χ1n) is 5.68. The predicted molar refractivity (Wildman–Crippen MR) is 53.8 cm³/mol. The van der Waals surface area contributed by atoms with Crippen molar-refractivity contribution in [3.63, 3.8) is 0 Å². The fourth-order valence-electron chi connectivity index (χ4n) is 2.56. The van der Waals surface area contributed by atoms with Gasteiger partial charge in [0, 0.05) is 25.3 Å². The van der Waals surface area contributed by atoms with E-state index in [1.165, 1.54) is 32.1 Å². The summed E-state index contributed by atoms with van der Waals surface area (Å²) in [6.45, 7) is 4.28. The number of hydrogen-bond donors (Lipinski definition) is 1. The van der Waals surface area contributed by atoms with Crippen LogP contribution in [0.1, 0.15) is 39.0 Å². The maximum absolute atomic E-state index is 5.35. The third-order valence-corrected chi connectivity index (χ3v) is 3.39. The Morgan fingerprint density at radius 2 is 1.77 bits per heavy atom. The zero-order valence-electron chi connectivity index (χ0n) is 8.59. The molecule has 0 aromatic carbocycles. The van der Waals surface area contributed by atoms with Crippen molar-refractivity contribution in [2.75, 3.05) is 13.2 Å². The van der Waals surface area contributed by atoms with Crippen molar-refractivity contribution in [2.24, 2.45) is 5.92 Å². The molecule has 1 aliphatic carbocycles. The van der Waals surface area contributed by atoms with Crippen LogP contribution < -0.4 is 5.32 Å². The number of nitrogens with one attached hydrogen (secondary N) is 1. The highest BCUT2D eigenvalue weighted by atomic mass is 16.5. The summed E-state index contributed by atoms with van der Waals surface area (Å²) in [6, 6.07) is 1.54. The molecule has 2 unspecified atom stereocenters. The van der Waals surface area contributed by atoms with Gasteiger partial charge in [-0.2, -0.15) is 0 Å². The van der Waals surface area contributed by atoms with E-state index in [1.807, 2.05) is 0 Å². The van der Waals surface area contributed by atoms with Crippen LogP contribution in [-0.2, 0) is 4.74 Å². The van der Waals surface area contributed by atoms with Crippen molar-refractivity contribution in [3.05, 3.63) is 0 Å². The second kappa shape index (κ2) is 4.43. The molecule has 0 radical (unpaired) electrons. The van der Waals surface area contributed by atoms with E-state index >= 15 is 0 Å². The van der Waals surface area contributed by atoms with Crippen LogP contribution >= 0.6 is 0 Å². The highest BCUT2D eigenvalue weighted by Crippen LogP contribution is 2.25. The molecule has 2 fully saturated rings. The van der Waals surface area contributed by atoms with Crippen molar-refractivity contribution in [3.8, 4) is 0 Å². The lowest BCUT2D eigenvalue weighted by molar-refractivity contribution is 0.0749. The van der Waals surface area contributed by atoms with Crippen LogP contribution in [0.25, 0.3) is 0 Å². The molecule has 0 spiro atoms. The van der Waals surface area contributed by atoms with E-state index in [0.717, 1.165) is 31.2 Å². The summed E-state index contributed by atoms with van der Waals surface area (Å²) in [5.74, 6) is 0.942. The van der Waals surface area contributed by atoms with Crippen LogP contribution in [0.2, 0.25) is 0 Å². The van der Waals surface area contributed by atoms with E-state index in [0.29, 0.717) is 0 Å². The Labute approximate surface area is 81.0 Å². The minimum atomic E-state index is 0.740. The summed E-state index contributed by atoms with van der Waals surface area (Å²) in [4.78, 5) is 0. The van der Waals surface area contributed by atoms with Crippen molar-refractivity contribution < 1.29 is 4.74 Å². The fraction of sp³-hybridized carbons (Fsp3) is 1.00. The molecule has 2 aliphatic rings. The molecule has 2 rings (SSSR count). The molecule has 13 heavy (non-hydrogen) atoms. The summed E-state index contributed by atoms with van der Waals surface area (Å²) in [7, 11) is 0. The molecule has 0 aromatic rings. The molecule has 1 N–H and O–H groups in total. The average Bonchev–Trinajstić information content (AvgIpc) is 2.53. The predicted octanol–water partition coefficient (Wildman–Crippen LogP) is 1.94. The molecular formula is C11H21NO. The maximum Gasteiger partial charge on any atom is 0.0480 e. The SMILES string of the molecule is CC1CCC(NC2CCOCC2)C1. The van der Waals surface area contributed by atoms with Gasteiger partial charge in [-0.05, 0) is 38.0 Å². The van der Waals surface area contributed by atoms with E-state index < -0.39 is 0 Å². The van der Waals surface area contributed by atoms with Crippen LogP contribution in [0.3, 0.4) is 0 Å². The number of ether oxygens (including phenoxy) is 1. The summed E-state index contributed by atoms with van der Waals surface area (Å²) < 4.78 is 5.35. The molecule has 1 saturated carbocycles. The third-order valence-electron chi connectivity index (χ3n) is 3.39. The molecule has 76 valence electrons. The lowest BCUT2D eigenvalue weighted by Gasteiger charge is -2.26. The van der Waals surface area contributed by atoms with Gasteiger partial charge < -0.3 is 10.1 Å². The molecule has 0 aromatic heterocycles. The molecule has 2 atom stereocenters. The zero-order chi connectivity index (χ0) is 9.10. The minimum absolute atomic E-state index is 0.740.